The number of nitrogens with zero attached hydrogens (tertiary/aromatic N) is 2. The lowest BCUT2D eigenvalue weighted by Gasteiger charge is -2.13. The number of hydrogen-bond donors (Lipinski definition) is 2. The molecule has 1 heterocycles. The minimum atomic E-state index is -3.99. The van der Waals surface area contributed by atoms with Crippen molar-refractivity contribution in [2.24, 2.45) is 5.92 Å². The van der Waals surface area contributed by atoms with Gasteiger partial charge < -0.3 is 4.74 Å². The van der Waals surface area contributed by atoms with Crippen molar-refractivity contribution in [2.45, 2.75) is 32.1 Å². The van der Waals surface area contributed by atoms with Gasteiger partial charge in [-0.1, -0.05) is 42.9 Å². The molecule has 8 nitrogen and oxygen atoms in total. The van der Waals surface area contributed by atoms with E-state index < -0.39 is 15.9 Å². The van der Waals surface area contributed by atoms with Crippen LogP contribution >= 0.6 is 11.3 Å². The monoisotopic (exact) mass is 460 g/mol. The molecule has 0 unspecified atom stereocenters. The zero-order valence-corrected chi connectivity index (χ0v) is 19.3. The van der Waals surface area contributed by atoms with Gasteiger partial charge in [0.15, 0.2) is 0 Å². The molecule has 0 aliphatic rings. The van der Waals surface area contributed by atoms with Gasteiger partial charge in [-0.05, 0) is 43.2 Å². The van der Waals surface area contributed by atoms with Crippen LogP contribution in [0, 0.1) is 12.8 Å². The number of hydrogen-bond acceptors (Lipinski definition) is 7. The van der Waals surface area contributed by atoms with Gasteiger partial charge in [-0.3, -0.25) is 14.8 Å². The number of carbonyl (C=O) groups excluding carboxylic acids is 1. The first-order chi connectivity index (χ1) is 14.7. The van der Waals surface area contributed by atoms with Crippen molar-refractivity contribution in [3.05, 3.63) is 58.6 Å². The highest BCUT2D eigenvalue weighted by molar-refractivity contribution is 7.92. The number of aryl methyl sites for hydroxylation is 1. The van der Waals surface area contributed by atoms with E-state index in [9.17, 15) is 13.2 Å². The zero-order chi connectivity index (χ0) is 22.6. The number of ether oxygens (including phenoxy) is 1. The van der Waals surface area contributed by atoms with E-state index in [0.29, 0.717) is 16.7 Å². The smallest absolute Gasteiger partial charge is 0.265 e. The van der Waals surface area contributed by atoms with Crippen LogP contribution in [0.25, 0.3) is 0 Å². The Hall–Kier alpha value is -2.98. The van der Waals surface area contributed by atoms with Crippen LogP contribution in [0.15, 0.2) is 47.4 Å². The quantitative estimate of drug-likeness (QED) is 0.523. The van der Waals surface area contributed by atoms with E-state index in [1.807, 2.05) is 6.92 Å². The van der Waals surface area contributed by atoms with Gasteiger partial charge in [0.2, 0.25) is 5.13 Å². The van der Waals surface area contributed by atoms with Crippen LogP contribution in [0.2, 0.25) is 0 Å². The topological polar surface area (TPSA) is 110 Å². The Morgan fingerprint density at radius 1 is 1.13 bits per heavy atom. The number of nitrogens with one attached hydrogen (secondary N) is 2. The molecule has 0 fully saturated rings. The minimum Gasteiger partial charge on any atom is -0.495 e. The van der Waals surface area contributed by atoms with Crippen LogP contribution in [-0.2, 0) is 16.4 Å². The van der Waals surface area contributed by atoms with Gasteiger partial charge in [0.25, 0.3) is 15.9 Å². The second-order valence-electron chi connectivity index (χ2n) is 7.39. The van der Waals surface area contributed by atoms with Crippen molar-refractivity contribution < 1.29 is 17.9 Å². The average Bonchev–Trinajstić information content (AvgIpc) is 3.15. The van der Waals surface area contributed by atoms with E-state index in [1.165, 1.54) is 36.6 Å². The van der Waals surface area contributed by atoms with Gasteiger partial charge >= 0.3 is 0 Å². The first kappa shape index (κ1) is 22.7. The van der Waals surface area contributed by atoms with E-state index in [2.05, 4.69) is 34.1 Å². The van der Waals surface area contributed by atoms with Crippen LogP contribution in [0.1, 0.15) is 34.8 Å². The number of sulfonamides is 1. The summed E-state index contributed by atoms with van der Waals surface area (Å²) in [6.45, 7) is 6.06. The molecule has 0 saturated heterocycles. The van der Waals surface area contributed by atoms with Crippen molar-refractivity contribution >= 4 is 38.1 Å². The molecule has 3 rings (SSSR count). The van der Waals surface area contributed by atoms with Crippen LogP contribution < -0.4 is 14.8 Å². The third-order valence-electron chi connectivity index (χ3n) is 4.29. The zero-order valence-electron chi connectivity index (χ0n) is 17.7. The van der Waals surface area contributed by atoms with Gasteiger partial charge in [-0.2, -0.15) is 0 Å². The van der Waals surface area contributed by atoms with E-state index >= 15 is 0 Å². The van der Waals surface area contributed by atoms with Crippen molar-refractivity contribution in [2.75, 3.05) is 17.1 Å². The summed E-state index contributed by atoms with van der Waals surface area (Å²) in [6, 6.07) is 11.2. The summed E-state index contributed by atoms with van der Waals surface area (Å²) in [6.07, 6.45) is 0.767. The summed E-state index contributed by atoms with van der Waals surface area (Å²) in [5, 5.41) is 11.9. The molecule has 164 valence electrons. The maximum atomic E-state index is 13.0. The van der Waals surface area contributed by atoms with Gasteiger partial charge in [0, 0.05) is 17.7 Å². The van der Waals surface area contributed by atoms with Gasteiger partial charge in [-0.25, -0.2) is 8.42 Å². The molecule has 0 aliphatic heterocycles. The maximum absolute atomic E-state index is 13.0. The first-order valence-corrected chi connectivity index (χ1v) is 11.9. The standard InChI is InChI=1S/C21H24N4O4S2/c1-13(2)11-19-23-24-21(30-19)22-20(26)15-7-10-17(29-4)18(12-15)31(27,28)25-16-8-5-14(3)6-9-16/h5-10,12-13,25H,11H2,1-4H3,(H,22,24,26). The molecule has 2 N–H and O–H groups in total. The van der Waals surface area contributed by atoms with Crippen LogP contribution in [0.3, 0.4) is 0 Å². The maximum Gasteiger partial charge on any atom is 0.265 e. The van der Waals surface area contributed by atoms with Gasteiger partial charge in [-0.15, -0.1) is 10.2 Å². The lowest BCUT2D eigenvalue weighted by atomic mass is 10.1. The Kier molecular flexibility index (Phi) is 6.91. The second-order valence-corrected chi connectivity index (χ2v) is 10.1. The normalized spacial score (nSPS) is 11.4. The molecule has 2 aromatic carbocycles. The van der Waals surface area contributed by atoms with Crippen molar-refractivity contribution in [3.63, 3.8) is 0 Å². The van der Waals surface area contributed by atoms with Crippen molar-refractivity contribution in [1.82, 2.24) is 10.2 Å². The summed E-state index contributed by atoms with van der Waals surface area (Å²) in [7, 11) is -2.62. The van der Waals surface area contributed by atoms with Gasteiger partial charge in [0.05, 0.1) is 7.11 Å². The number of benzene rings is 2. The largest absolute Gasteiger partial charge is 0.495 e. The van der Waals surface area contributed by atoms with E-state index in [0.717, 1.165) is 17.0 Å². The van der Waals surface area contributed by atoms with E-state index in [-0.39, 0.29) is 16.2 Å². The Morgan fingerprint density at radius 2 is 1.84 bits per heavy atom. The molecule has 0 radical (unpaired) electrons. The number of aromatic nitrogens is 2. The third kappa shape index (κ3) is 5.80. The number of anilines is 2. The summed E-state index contributed by atoms with van der Waals surface area (Å²) < 4.78 is 33.6. The molecule has 1 amide bonds. The lowest BCUT2D eigenvalue weighted by molar-refractivity contribution is 0.102. The predicted molar refractivity (Wildman–Crippen MR) is 121 cm³/mol. The molecule has 3 aromatic rings. The minimum absolute atomic E-state index is 0.131. The Labute approximate surface area is 185 Å². The van der Waals surface area contributed by atoms with Gasteiger partial charge in [0.1, 0.15) is 15.7 Å². The summed E-state index contributed by atoms with van der Waals surface area (Å²) in [4.78, 5) is 12.6. The highest BCUT2D eigenvalue weighted by atomic mass is 32.2. The summed E-state index contributed by atoms with van der Waals surface area (Å²) >= 11 is 1.30. The number of carbonyl (C=O) groups is 1. The van der Waals surface area contributed by atoms with Crippen molar-refractivity contribution in [3.8, 4) is 5.75 Å². The Morgan fingerprint density at radius 3 is 2.48 bits per heavy atom. The fraction of sp³-hybridized carbons (Fsp3) is 0.286. The molecule has 0 spiro atoms. The Bertz CT molecular complexity index is 1170. The lowest BCUT2D eigenvalue weighted by Crippen LogP contribution is -2.17. The third-order valence-corrected chi connectivity index (χ3v) is 6.55. The second kappa shape index (κ2) is 9.44. The predicted octanol–water partition coefficient (Wildman–Crippen LogP) is 4.11. The molecule has 0 saturated carbocycles. The summed E-state index contributed by atoms with van der Waals surface area (Å²) in [5.74, 6) is 0.0693. The fourth-order valence-corrected chi connectivity index (χ4v) is 4.97. The molecule has 0 aliphatic carbocycles. The molecule has 31 heavy (non-hydrogen) atoms. The highest BCUT2D eigenvalue weighted by Gasteiger charge is 2.22. The molecule has 0 atom stereocenters. The van der Waals surface area contributed by atoms with E-state index in [4.69, 9.17) is 4.74 Å². The molecule has 0 bridgehead atoms. The van der Waals surface area contributed by atoms with Crippen molar-refractivity contribution in [1.29, 1.82) is 0 Å². The SMILES string of the molecule is COc1ccc(C(=O)Nc2nnc(CC(C)C)s2)cc1S(=O)(=O)Nc1ccc(C)cc1. The van der Waals surface area contributed by atoms with Crippen LogP contribution in [-0.4, -0.2) is 31.6 Å². The average molecular weight is 461 g/mol. The molecule has 10 heteroatoms. The molecular weight excluding hydrogens is 436 g/mol. The number of amides is 1. The molecular formula is C21H24N4O4S2. The fourth-order valence-electron chi connectivity index (χ4n) is 2.76. The number of methoxy groups -OCH3 is 1. The van der Waals surface area contributed by atoms with Crippen LogP contribution in [0.5, 0.6) is 5.75 Å². The Balaban J connectivity index is 1.84. The molecule has 1 aromatic heterocycles. The highest BCUT2D eigenvalue weighted by Crippen LogP contribution is 2.28. The van der Waals surface area contributed by atoms with Crippen LogP contribution in [0.4, 0.5) is 10.8 Å². The van der Waals surface area contributed by atoms with E-state index in [1.54, 1.807) is 24.3 Å². The summed E-state index contributed by atoms with van der Waals surface area (Å²) in [5.41, 5.74) is 1.58. The first-order valence-electron chi connectivity index (χ1n) is 9.59. The number of rotatable bonds is 8.